The largest absolute Gasteiger partial charge is 1.00 e. The number of hydrogen-bond acceptors (Lipinski definition) is 1. The Labute approximate surface area is 148 Å². The van der Waals surface area contributed by atoms with Crippen LogP contribution in [0.25, 0.3) is 0 Å². The minimum absolute atomic E-state index is 0. The summed E-state index contributed by atoms with van der Waals surface area (Å²) in [5, 5.41) is 0. The van der Waals surface area contributed by atoms with Crippen molar-refractivity contribution in [2.24, 2.45) is 0 Å². The summed E-state index contributed by atoms with van der Waals surface area (Å²) in [6.45, 7) is 12.4. The Kier molecular flexibility index (Phi) is 12.1. The Morgan fingerprint density at radius 1 is 1.05 bits per heavy atom. The highest BCUT2D eigenvalue weighted by Crippen LogP contribution is 2.11. The van der Waals surface area contributed by atoms with Crippen molar-refractivity contribution >= 4 is 0 Å². The molecule has 1 aromatic rings. The van der Waals surface area contributed by atoms with Crippen molar-refractivity contribution in [1.82, 2.24) is 0 Å². The van der Waals surface area contributed by atoms with Gasteiger partial charge in [-0.25, -0.2) is 0 Å². The van der Waals surface area contributed by atoms with Crippen LogP contribution in [0, 0.1) is 6.92 Å². The van der Waals surface area contributed by atoms with Crippen molar-refractivity contribution in [1.29, 1.82) is 0 Å². The number of rotatable bonds is 10. The molecule has 2 nitrogen and oxygen atoms in total. The second kappa shape index (κ2) is 12.3. The minimum atomic E-state index is 0. The van der Waals surface area contributed by atoms with Crippen LogP contribution in [0.5, 0.6) is 5.75 Å². The second-order valence-corrected chi connectivity index (χ2v) is 5.79. The minimum Gasteiger partial charge on any atom is -1.00 e. The summed E-state index contributed by atoms with van der Waals surface area (Å²) < 4.78 is 5.76. The molecule has 0 fully saturated rings. The van der Waals surface area contributed by atoms with Crippen LogP contribution >= 0.6 is 0 Å². The van der Waals surface area contributed by atoms with Crippen molar-refractivity contribution in [3.8, 4) is 5.75 Å². The van der Waals surface area contributed by atoms with E-state index in [4.69, 9.17) is 4.74 Å². The zero-order chi connectivity index (χ0) is 14.8. The van der Waals surface area contributed by atoms with E-state index in [1.165, 1.54) is 37.9 Å². The molecule has 0 radical (unpaired) electrons. The lowest BCUT2D eigenvalue weighted by atomic mass is 10.2. The predicted molar refractivity (Wildman–Crippen MR) is 86.6 cm³/mol. The van der Waals surface area contributed by atoms with Crippen LogP contribution in [0.4, 0.5) is 0 Å². The van der Waals surface area contributed by atoms with Gasteiger partial charge in [0.05, 0.1) is 25.7 Å². The number of nitrogens with one attached hydrogen (secondary N) is 1. The molecule has 122 valence electrons. The molecule has 0 aliphatic heterocycles. The maximum Gasteiger partial charge on any atom is 0.119 e. The van der Waals surface area contributed by atoms with E-state index in [0.717, 1.165) is 24.8 Å². The third kappa shape index (κ3) is 8.67. The van der Waals surface area contributed by atoms with Gasteiger partial charge in [-0.3, -0.25) is 0 Å². The van der Waals surface area contributed by atoms with Crippen molar-refractivity contribution in [3.05, 3.63) is 29.8 Å². The highest BCUT2D eigenvalue weighted by atomic mass is 127. The summed E-state index contributed by atoms with van der Waals surface area (Å²) in [5.74, 6) is 0.996. The van der Waals surface area contributed by atoms with Crippen molar-refractivity contribution < 1.29 is 33.6 Å². The summed E-state index contributed by atoms with van der Waals surface area (Å²) in [6.07, 6.45) is 5.02. The van der Waals surface area contributed by atoms with Crippen LogP contribution in [0.2, 0.25) is 0 Å². The zero-order valence-electron chi connectivity index (χ0n) is 14.1. The van der Waals surface area contributed by atoms with E-state index in [2.05, 4.69) is 52.0 Å². The fourth-order valence-corrected chi connectivity index (χ4v) is 2.52. The Bertz CT molecular complexity index is 353. The molecule has 0 aromatic heterocycles. The van der Waals surface area contributed by atoms with Crippen molar-refractivity contribution in [2.75, 3.05) is 19.7 Å². The van der Waals surface area contributed by atoms with Gasteiger partial charge in [0.1, 0.15) is 5.75 Å². The number of quaternary nitrogens is 1. The Morgan fingerprint density at radius 2 is 1.71 bits per heavy atom. The van der Waals surface area contributed by atoms with Crippen LogP contribution in [0.3, 0.4) is 0 Å². The topological polar surface area (TPSA) is 13.7 Å². The fraction of sp³-hybridized carbons (Fsp3) is 0.667. The summed E-state index contributed by atoms with van der Waals surface area (Å²) in [5.41, 5.74) is 1.28. The summed E-state index contributed by atoms with van der Waals surface area (Å²) in [6, 6.07) is 9.11. The first-order valence-corrected chi connectivity index (χ1v) is 8.21. The van der Waals surface area contributed by atoms with Crippen LogP contribution in [-0.2, 0) is 0 Å². The average Bonchev–Trinajstić information content (AvgIpc) is 2.47. The molecular formula is C18H32INO. The molecule has 0 amide bonds. The number of ether oxygens (including phenoxy) is 1. The van der Waals surface area contributed by atoms with Gasteiger partial charge < -0.3 is 33.6 Å². The van der Waals surface area contributed by atoms with Crippen LogP contribution in [-0.4, -0.2) is 25.7 Å². The van der Waals surface area contributed by atoms with Gasteiger partial charge in [-0.1, -0.05) is 24.6 Å². The first-order valence-electron chi connectivity index (χ1n) is 8.21. The summed E-state index contributed by atoms with van der Waals surface area (Å²) in [7, 11) is 0. The van der Waals surface area contributed by atoms with Crippen molar-refractivity contribution in [3.63, 3.8) is 0 Å². The smallest absolute Gasteiger partial charge is 0.119 e. The highest BCUT2D eigenvalue weighted by molar-refractivity contribution is 5.26. The highest BCUT2D eigenvalue weighted by Gasteiger charge is 2.12. The third-order valence-electron chi connectivity index (χ3n) is 4.20. The molecule has 0 saturated heterocycles. The SMILES string of the molecule is CCC(C)[NH+](CC)CCCCCOc1ccc(C)cc1.[I-]. The molecule has 0 saturated carbocycles. The maximum atomic E-state index is 5.76. The van der Waals surface area contributed by atoms with E-state index in [9.17, 15) is 0 Å². The van der Waals surface area contributed by atoms with Gasteiger partial charge in [0.25, 0.3) is 0 Å². The molecule has 0 aliphatic rings. The van der Waals surface area contributed by atoms with Crippen LogP contribution in [0.1, 0.15) is 52.0 Å². The fourth-order valence-electron chi connectivity index (χ4n) is 2.52. The van der Waals surface area contributed by atoms with Gasteiger partial charge in [-0.2, -0.15) is 0 Å². The standard InChI is InChI=1S/C18H31NO.HI/c1-5-17(4)19(6-2)14-8-7-9-15-20-18-12-10-16(3)11-13-18;/h10-13,17H,5-9,14-15H2,1-4H3;1H. The zero-order valence-corrected chi connectivity index (χ0v) is 16.3. The predicted octanol–water partition coefficient (Wildman–Crippen LogP) is 0.251. The third-order valence-corrected chi connectivity index (χ3v) is 4.20. The lowest BCUT2D eigenvalue weighted by Crippen LogP contribution is -3.15. The number of benzene rings is 1. The van der Waals surface area contributed by atoms with Gasteiger partial charge in [-0.15, -0.1) is 0 Å². The van der Waals surface area contributed by atoms with Gasteiger partial charge >= 0.3 is 0 Å². The molecule has 1 N–H and O–H groups in total. The van der Waals surface area contributed by atoms with E-state index >= 15 is 0 Å². The Balaban J connectivity index is 0.00000400. The lowest BCUT2D eigenvalue weighted by molar-refractivity contribution is -0.922. The molecule has 2 atom stereocenters. The molecule has 1 rings (SSSR count). The molecular weight excluding hydrogens is 373 g/mol. The summed E-state index contributed by atoms with van der Waals surface area (Å²) >= 11 is 0. The maximum absolute atomic E-state index is 5.76. The van der Waals surface area contributed by atoms with E-state index in [-0.39, 0.29) is 24.0 Å². The second-order valence-electron chi connectivity index (χ2n) is 5.79. The van der Waals surface area contributed by atoms with Gasteiger partial charge in [0, 0.05) is 0 Å². The molecule has 0 aliphatic carbocycles. The van der Waals surface area contributed by atoms with E-state index in [0.29, 0.717) is 0 Å². The molecule has 21 heavy (non-hydrogen) atoms. The number of unbranched alkanes of at least 4 members (excludes halogenated alkanes) is 2. The lowest BCUT2D eigenvalue weighted by Gasteiger charge is -2.23. The van der Waals surface area contributed by atoms with Gasteiger partial charge in [0.2, 0.25) is 0 Å². The Morgan fingerprint density at radius 3 is 2.29 bits per heavy atom. The molecule has 0 heterocycles. The number of hydrogen-bond donors (Lipinski definition) is 1. The van der Waals surface area contributed by atoms with E-state index in [1.54, 1.807) is 4.90 Å². The van der Waals surface area contributed by atoms with Gasteiger partial charge in [-0.05, 0) is 58.6 Å². The average molecular weight is 405 g/mol. The van der Waals surface area contributed by atoms with E-state index in [1.807, 2.05) is 0 Å². The molecule has 1 aromatic carbocycles. The molecule has 0 spiro atoms. The molecule has 3 heteroatoms. The summed E-state index contributed by atoms with van der Waals surface area (Å²) in [4.78, 5) is 1.74. The van der Waals surface area contributed by atoms with Gasteiger partial charge in [0.15, 0.2) is 0 Å². The normalized spacial score (nSPS) is 13.3. The number of halogens is 1. The molecule has 0 bridgehead atoms. The van der Waals surface area contributed by atoms with E-state index < -0.39 is 0 Å². The number of aryl methyl sites for hydroxylation is 1. The van der Waals surface area contributed by atoms with Crippen molar-refractivity contribution in [2.45, 2.75) is 59.4 Å². The molecule has 2 unspecified atom stereocenters. The first kappa shape index (κ1) is 20.7. The first-order chi connectivity index (χ1) is 9.67. The quantitative estimate of drug-likeness (QED) is 0.436. The van der Waals surface area contributed by atoms with Crippen LogP contribution < -0.4 is 33.6 Å². The Hall–Kier alpha value is -0.290. The monoisotopic (exact) mass is 405 g/mol. The van der Waals surface area contributed by atoms with Crippen LogP contribution in [0.15, 0.2) is 24.3 Å².